The van der Waals surface area contributed by atoms with Crippen LogP contribution >= 0.6 is 11.6 Å². The molecule has 5 nitrogen and oxygen atoms in total. The number of nitrogens with one attached hydrogen (secondary N) is 2. The molecule has 0 fully saturated rings. The molecule has 3 aromatic rings. The zero-order chi connectivity index (χ0) is 21.0. The van der Waals surface area contributed by atoms with Gasteiger partial charge in [-0.05, 0) is 79.1 Å². The number of benzene rings is 3. The Labute approximate surface area is 175 Å². The number of anilines is 2. The van der Waals surface area contributed by atoms with E-state index in [-0.39, 0.29) is 17.2 Å². The number of rotatable bonds is 6. The normalized spacial score (nSPS) is 11.1. The minimum atomic E-state index is -3.73. The maximum absolute atomic E-state index is 12.5. The van der Waals surface area contributed by atoms with Crippen LogP contribution in [-0.4, -0.2) is 14.3 Å². The molecule has 0 saturated carbocycles. The molecule has 0 heterocycles. The molecule has 0 bridgehead atoms. The molecule has 2 N–H and O–H groups in total. The van der Waals surface area contributed by atoms with Gasteiger partial charge < -0.3 is 5.32 Å². The van der Waals surface area contributed by atoms with Crippen molar-refractivity contribution in [3.05, 3.63) is 88.4 Å². The van der Waals surface area contributed by atoms with Crippen molar-refractivity contribution in [3.63, 3.8) is 0 Å². The second kappa shape index (κ2) is 8.68. The van der Waals surface area contributed by atoms with E-state index in [2.05, 4.69) is 10.0 Å². The van der Waals surface area contributed by atoms with Crippen LogP contribution in [-0.2, 0) is 21.2 Å². The number of sulfonamides is 1. The van der Waals surface area contributed by atoms with E-state index >= 15 is 0 Å². The molecule has 0 aliphatic heterocycles. The van der Waals surface area contributed by atoms with Crippen LogP contribution in [0, 0.1) is 13.8 Å². The Bertz CT molecular complexity index is 1130. The Morgan fingerprint density at radius 3 is 2.10 bits per heavy atom. The highest BCUT2D eigenvalue weighted by molar-refractivity contribution is 7.92. The van der Waals surface area contributed by atoms with E-state index in [1.165, 1.54) is 17.7 Å². The molecule has 0 radical (unpaired) electrons. The monoisotopic (exact) mass is 428 g/mol. The van der Waals surface area contributed by atoms with Gasteiger partial charge in [-0.15, -0.1) is 0 Å². The zero-order valence-electron chi connectivity index (χ0n) is 16.1. The molecule has 0 aliphatic rings. The number of aryl methyl sites for hydroxylation is 2. The Morgan fingerprint density at radius 1 is 0.862 bits per heavy atom. The van der Waals surface area contributed by atoms with Gasteiger partial charge in [-0.1, -0.05) is 29.8 Å². The highest BCUT2D eigenvalue weighted by atomic mass is 35.5. The van der Waals surface area contributed by atoms with E-state index in [0.717, 1.165) is 11.1 Å². The minimum Gasteiger partial charge on any atom is -0.326 e. The van der Waals surface area contributed by atoms with Crippen LogP contribution in [0.4, 0.5) is 11.4 Å². The summed E-state index contributed by atoms with van der Waals surface area (Å²) >= 11 is 5.81. The third kappa shape index (κ3) is 5.59. The van der Waals surface area contributed by atoms with E-state index in [0.29, 0.717) is 16.4 Å². The lowest BCUT2D eigenvalue weighted by atomic mass is 10.0. The molecule has 0 unspecified atom stereocenters. The van der Waals surface area contributed by atoms with Crippen molar-refractivity contribution >= 4 is 38.9 Å². The summed E-state index contributed by atoms with van der Waals surface area (Å²) in [5.74, 6) is -0.164. The van der Waals surface area contributed by atoms with Gasteiger partial charge in [0.15, 0.2) is 0 Å². The van der Waals surface area contributed by atoms with Crippen molar-refractivity contribution in [1.29, 1.82) is 0 Å². The maximum Gasteiger partial charge on any atom is 0.261 e. The van der Waals surface area contributed by atoms with Crippen LogP contribution in [0.1, 0.15) is 16.7 Å². The highest BCUT2D eigenvalue weighted by Gasteiger charge is 2.14. The molecule has 0 aliphatic carbocycles. The average molecular weight is 429 g/mol. The third-order valence-corrected chi connectivity index (χ3v) is 6.13. The Balaban J connectivity index is 1.65. The van der Waals surface area contributed by atoms with Gasteiger partial charge in [0, 0.05) is 16.4 Å². The lowest BCUT2D eigenvalue weighted by molar-refractivity contribution is -0.115. The number of halogens is 1. The van der Waals surface area contributed by atoms with Gasteiger partial charge in [0.25, 0.3) is 10.0 Å². The molecular weight excluding hydrogens is 408 g/mol. The van der Waals surface area contributed by atoms with E-state index in [9.17, 15) is 13.2 Å². The van der Waals surface area contributed by atoms with Gasteiger partial charge in [-0.3, -0.25) is 9.52 Å². The molecule has 3 aromatic carbocycles. The molecule has 7 heteroatoms. The summed E-state index contributed by atoms with van der Waals surface area (Å²) in [4.78, 5) is 12.4. The topological polar surface area (TPSA) is 75.3 Å². The Hall–Kier alpha value is -2.83. The summed E-state index contributed by atoms with van der Waals surface area (Å²) in [7, 11) is -3.73. The molecule has 3 rings (SSSR count). The van der Waals surface area contributed by atoms with Crippen molar-refractivity contribution in [3.8, 4) is 0 Å². The fourth-order valence-electron chi connectivity index (χ4n) is 2.75. The predicted molar refractivity (Wildman–Crippen MR) is 117 cm³/mol. The fourth-order valence-corrected chi connectivity index (χ4v) is 3.94. The summed E-state index contributed by atoms with van der Waals surface area (Å²) in [6.07, 6.45) is 0.249. The number of carbonyl (C=O) groups is 1. The van der Waals surface area contributed by atoms with Crippen molar-refractivity contribution in [2.24, 2.45) is 0 Å². The van der Waals surface area contributed by atoms with Gasteiger partial charge in [-0.25, -0.2) is 8.42 Å². The SMILES string of the molecule is Cc1ccc(CC(=O)Nc2ccc(S(=O)(=O)Nc3ccc(Cl)cc3)cc2)cc1C. The van der Waals surface area contributed by atoms with Gasteiger partial charge >= 0.3 is 0 Å². The summed E-state index contributed by atoms with van der Waals surface area (Å²) in [5, 5.41) is 3.31. The van der Waals surface area contributed by atoms with Crippen molar-refractivity contribution in [2.75, 3.05) is 10.0 Å². The molecule has 150 valence electrons. The third-order valence-electron chi connectivity index (χ3n) is 4.48. The van der Waals surface area contributed by atoms with Crippen LogP contribution in [0.2, 0.25) is 5.02 Å². The molecule has 29 heavy (non-hydrogen) atoms. The summed E-state index contributed by atoms with van der Waals surface area (Å²) < 4.78 is 27.5. The number of hydrogen-bond acceptors (Lipinski definition) is 3. The van der Waals surface area contributed by atoms with Crippen molar-refractivity contribution in [2.45, 2.75) is 25.2 Å². The maximum atomic E-state index is 12.5. The molecule has 0 atom stereocenters. The summed E-state index contributed by atoms with van der Waals surface area (Å²) in [6.45, 7) is 4.03. The van der Waals surface area contributed by atoms with Gasteiger partial charge in [0.1, 0.15) is 0 Å². The van der Waals surface area contributed by atoms with E-state index in [1.807, 2.05) is 32.0 Å². The highest BCUT2D eigenvalue weighted by Crippen LogP contribution is 2.20. The van der Waals surface area contributed by atoms with E-state index in [4.69, 9.17) is 11.6 Å². The van der Waals surface area contributed by atoms with Gasteiger partial charge in [-0.2, -0.15) is 0 Å². The predicted octanol–water partition coefficient (Wildman–Crippen LogP) is 4.94. The summed E-state index contributed by atoms with van der Waals surface area (Å²) in [5.41, 5.74) is 4.19. The molecular formula is C22H21ClN2O3S. The second-order valence-electron chi connectivity index (χ2n) is 6.78. The van der Waals surface area contributed by atoms with Gasteiger partial charge in [0.2, 0.25) is 5.91 Å². The first-order chi connectivity index (χ1) is 13.7. The minimum absolute atomic E-state index is 0.0969. The lowest BCUT2D eigenvalue weighted by Crippen LogP contribution is -2.15. The standard InChI is InChI=1S/C22H21ClN2O3S/c1-15-3-4-17(13-16(15)2)14-22(26)24-19-9-11-21(12-10-19)29(27,28)25-20-7-5-18(23)6-8-20/h3-13,25H,14H2,1-2H3,(H,24,26). The fraction of sp³-hybridized carbons (Fsp3) is 0.136. The zero-order valence-corrected chi connectivity index (χ0v) is 17.6. The smallest absolute Gasteiger partial charge is 0.261 e. The summed E-state index contributed by atoms with van der Waals surface area (Å²) in [6, 6.07) is 18.3. The molecule has 0 aromatic heterocycles. The lowest BCUT2D eigenvalue weighted by Gasteiger charge is -2.10. The van der Waals surface area contributed by atoms with E-state index < -0.39 is 10.0 Å². The van der Waals surface area contributed by atoms with Crippen molar-refractivity contribution in [1.82, 2.24) is 0 Å². The molecule has 1 amide bonds. The first-order valence-corrected chi connectivity index (χ1v) is 10.8. The van der Waals surface area contributed by atoms with Crippen LogP contribution in [0.15, 0.2) is 71.6 Å². The molecule has 0 spiro atoms. The Kier molecular flexibility index (Phi) is 6.25. The van der Waals surface area contributed by atoms with Crippen molar-refractivity contribution < 1.29 is 13.2 Å². The first kappa shape index (κ1) is 20.9. The Morgan fingerprint density at radius 2 is 1.48 bits per heavy atom. The quantitative estimate of drug-likeness (QED) is 0.584. The first-order valence-electron chi connectivity index (χ1n) is 8.97. The van der Waals surface area contributed by atoms with Crippen LogP contribution in [0.3, 0.4) is 0 Å². The van der Waals surface area contributed by atoms with E-state index in [1.54, 1.807) is 36.4 Å². The van der Waals surface area contributed by atoms with Gasteiger partial charge in [0.05, 0.1) is 11.3 Å². The van der Waals surface area contributed by atoms with Crippen LogP contribution < -0.4 is 10.0 Å². The number of carbonyl (C=O) groups excluding carboxylic acids is 1. The number of hydrogen-bond donors (Lipinski definition) is 2. The number of amides is 1. The molecule has 0 saturated heterocycles. The largest absolute Gasteiger partial charge is 0.326 e. The second-order valence-corrected chi connectivity index (χ2v) is 8.90. The van der Waals surface area contributed by atoms with Crippen LogP contribution in [0.25, 0.3) is 0 Å². The average Bonchev–Trinajstić information content (AvgIpc) is 2.67. The van der Waals surface area contributed by atoms with Crippen LogP contribution in [0.5, 0.6) is 0 Å².